The van der Waals surface area contributed by atoms with Gasteiger partial charge in [-0.15, -0.1) is 11.3 Å². The van der Waals surface area contributed by atoms with E-state index in [0.717, 1.165) is 37.3 Å². The molecule has 0 aliphatic carbocycles. The van der Waals surface area contributed by atoms with Crippen molar-refractivity contribution >= 4 is 29.1 Å². The molecule has 2 heterocycles. The Hall–Kier alpha value is -1.89. The average Bonchev–Trinajstić information content (AvgIpc) is 3.13. The molecule has 0 aromatic carbocycles. The molecule has 2 amide bonds. The van der Waals surface area contributed by atoms with Gasteiger partial charge in [-0.3, -0.25) is 9.59 Å². The van der Waals surface area contributed by atoms with E-state index >= 15 is 0 Å². The summed E-state index contributed by atoms with van der Waals surface area (Å²) in [6.07, 6.45) is 2.04. The second-order valence-electron chi connectivity index (χ2n) is 4.43. The van der Waals surface area contributed by atoms with Gasteiger partial charge in [-0.05, 0) is 25.0 Å². The summed E-state index contributed by atoms with van der Waals surface area (Å²) in [7, 11) is 1.29. The van der Waals surface area contributed by atoms with E-state index < -0.39 is 5.97 Å². The third kappa shape index (κ3) is 3.36. The van der Waals surface area contributed by atoms with Crippen LogP contribution in [0.25, 0.3) is 0 Å². The predicted molar refractivity (Wildman–Crippen MR) is 73.8 cm³/mol. The Morgan fingerprint density at radius 2 is 1.90 bits per heavy atom. The monoisotopic (exact) mass is 296 g/mol. The Balaban J connectivity index is 1.86. The van der Waals surface area contributed by atoms with Crippen molar-refractivity contribution in [2.45, 2.75) is 12.8 Å². The maximum atomic E-state index is 11.9. The quantitative estimate of drug-likeness (QED) is 0.837. The normalized spacial score (nSPS) is 14.2. The largest absolute Gasteiger partial charge is 0.465 e. The summed E-state index contributed by atoms with van der Waals surface area (Å²) in [6.45, 7) is 1.52. The SMILES string of the molecule is COC(=O)c1ccc(C(=O)NCC(=O)N2CCCC2)s1. The van der Waals surface area contributed by atoms with Crippen LogP contribution in [0.5, 0.6) is 0 Å². The van der Waals surface area contributed by atoms with Gasteiger partial charge in [-0.25, -0.2) is 4.79 Å². The van der Waals surface area contributed by atoms with Crippen LogP contribution in [0.4, 0.5) is 0 Å². The second kappa shape index (κ2) is 6.51. The van der Waals surface area contributed by atoms with Gasteiger partial charge < -0.3 is 15.0 Å². The standard InChI is InChI=1S/C13H16N2O4S/c1-19-13(18)10-5-4-9(20-10)12(17)14-8-11(16)15-6-2-3-7-15/h4-5H,2-3,6-8H2,1H3,(H,14,17). The first-order chi connectivity index (χ1) is 9.61. The van der Waals surface area contributed by atoms with Crippen molar-refractivity contribution in [3.63, 3.8) is 0 Å². The lowest BCUT2D eigenvalue weighted by Crippen LogP contribution is -2.38. The summed E-state index contributed by atoms with van der Waals surface area (Å²) in [5, 5.41) is 2.57. The molecule has 0 atom stereocenters. The summed E-state index contributed by atoms with van der Waals surface area (Å²) in [5.74, 6) is -0.888. The Morgan fingerprint density at radius 3 is 2.55 bits per heavy atom. The van der Waals surface area contributed by atoms with Crippen LogP contribution in [0.15, 0.2) is 12.1 Å². The van der Waals surface area contributed by atoms with Crippen molar-refractivity contribution in [3.05, 3.63) is 21.9 Å². The fourth-order valence-corrected chi connectivity index (χ4v) is 2.83. The van der Waals surface area contributed by atoms with Crippen molar-refractivity contribution in [1.29, 1.82) is 0 Å². The number of carbonyl (C=O) groups excluding carboxylic acids is 3. The Morgan fingerprint density at radius 1 is 1.25 bits per heavy atom. The minimum atomic E-state index is -0.470. The summed E-state index contributed by atoms with van der Waals surface area (Å²) in [6, 6.07) is 3.08. The molecule has 0 spiro atoms. The molecule has 1 aromatic heterocycles. The highest BCUT2D eigenvalue weighted by molar-refractivity contribution is 7.15. The van der Waals surface area contributed by atoms with Crippen LogP contribution in [0, 0.1) is 0 Å². The fraction of sp³-hybridized carbons (Fsp3) is 0.462. The number of rotatable bonds is 4. The van der Waals surface area contributed by atoms with E-state index in [0.29, 0.717) is 9.75 Å². The second-order valence-corrected chi connectivity index (χ2v) is 5.51. The van der Waals surface area contributed by atoms with Crippen LogP contribution < -0.4 is 5.32 Å². The predicted octanol–water partition coefficient (Wildman–Crippen LogP) is 0.887. The molecule has 1 fully saturated rings. The molecular weight excluding hydrogens is 280 g/mol. The molecule has 1 saturated heterocycles. The lowest BCUT2D eigenvalue weighted by Gasteiger charge is -2.15. The van der Waals surface area contributed by atoms with Crippen LogP contribution in [0.3, 0.4) is 0 Å². The van der Waals surface area contributed by atoms with Gasteiger partial charge in [0, 0.05) is 13.1 Å². The van der Waals surface area contributed by atoms with Crippen molar-refractivity contribution in [2.75, 3.05) is 26.7 Å². The smallest absolute Gasteiger partial charge is 0.348 e. The van der Waals surface area contributed by atoms with Crippen LogP contribution in [-0.2, 0) is 9.53 Å². The molecule has 108 valence electrons. The first-order valence-electron chi connectivity index (χ1n) is 6.36. The first-order valence-corrected chi connectivity index (χ1v) is 7.17. The topological polar surface area (TPSA) is 75.7 Å². The van der Waals surface area contributed by atoms with Crippen molar-refractivity contribution in [2.24, 2.45) is 0 Å². The van der Waals surface area contributed by atoms with Crippen molar-refractivity contribution in [1.82, 2.24) is 10.2 Å². The number of likely N-dealkylation sites (tertiary alicyclic amines) is 1. The van der Waals surface area contributed by atoms with Crippen LogP contribution in [-0.4, -0.2) is 49.4 Å². The molecule has 7 heteroatoms. The molecule has 0 radical (unpaired) electrons. The number of ether oxygens (including phenoxy) is 1. The molecular formula is C13H16N2O4S. The summed E-state index contributed by atoms with van der Waals surface area (Å²) < 4.78 is 4.57. The highest BCUT2D eigenvalue weighted by atomic mass is 32.1. The van der Waals surface area contributed by atoms with E-state index in [1.165, 1.54) is 13.2 Å². The number of methoxy groups -OCH3 is 1. The number of nitrogens with zero attached hydrogens (tertiary/aromatic N) is 1. The average molecular weight is 296 g/mol. The number of nitrogens with one attached hydrogen (secondary N) is 1. The van der Waals surface area contributed by atoms with Crippen LogP contribution >= 0.6 is 11.3 Å². The molecule has 1 aliphatic rings. The highest BCUT2D eigenvalue weighted by Gasteiger charge is 2.19. The van der Waals surface area contributed by atoms with Crippen LogP contribution in [0.1, 0.15) is 32.2 Å². The summed E-state index contributed by atoms with van der Waals surface area (Å²) in [4.78, 5) is 37.4. The minimum Gasteiger partial charge on any atom is -0.465 e. The third-order valence-corrected chi connectivity index (χ3v) is 4.14. The number of hydrogen-bond acceptors (Lipinski definition) is 5. The Bertz CT molecular complexity index is 520. The number of amides is 2. The zero-order chi connectivity index (χ0) is 14.5. The van der Waals surface area contributed by atoms with Crippen molar-refractivity contribution in [3.8, 4) is 0 Å². The third-order valence-electron chi connectivity index (χ3n) is 3.08. The van der Waals surface area contributed by atoms with Crippen LogP contribution in [0.2, 0.25) is 0 Å². The van der Waals surface area contributed by atoms with Gasteiger partial charge in [0.2, 0.25) is 5.91 Å². The zero-order valence-electron chi connectivity index (χ0n) is 11.2. The molecule has 2 rings (SSSR count). The molecule has 0 unspecified atom stereocenters. The van der Waals surface area contributed by atoms with E-state index in [-0.39, 0.29) is 18.4 Å². The van der Waals surface area contributed by atoms with Crippen molar-refractivity contribution < 1.29 is 19.1 Å². The van der Waals surface area contributed by atoms with Gasteiger partial charge >= 0.3 is 5.97 Å². The molecule has 20 heavy (non-hydrogen) atoms. The lowest BCUT2D eigenvalue weighted by molar-refractivity contribution is -0.129. The van der Waals surface area contributed by atoms with Gasteiger partial charge in [0.15, 0.2) is 0 Å². The Kier molecular flexibility index (Phi) is 4.73. The van der Waals surface area contributed by atoms with E-state index in [1.54, 1.807) is 11.0 Å². The molecule has 1 aromatic rings. The van der Waals surface area contributed by atoms with E-state index in [1.807, 2.05) is 0 Å². The van der Waals surface area contributed by atoms with E-state index in [9.17, 15) is 14.4 Å². The minimum absolute atomic E-state index is 0.00963. The molecule has 0 saturated carbocycles. The van der Waals surface area contributed by atoms with Gasteiger partial charge in [-0.2, -0.15) is 0 Å². The number of esters is 1. The van der Waals surface area contributed by atoms with Gasteiger partial charge in [-0.1, -0.05) is 0 Å². The molecule has 0 bridgehead atoms. The molecule has 1 N–H and O–H groups in total. The summed E-state index contributed by atoms with van der Waals surface area (Å²) >= 11 is 1.05. The molecule has 6 nitrogen and oxygen atoms in total. The number of carbonyl (C=O) groups is 3. The maximum absolute atomic E-state index is 11.9. The Labute approximate surface area is 120 Å². The van der Waals surface area contributed by atoms with Gasteiger partial charge in [0.25, 0.3) is 5.91 Å². The lowest BCUT2D eigenvalue weighted by atomic mass is 10.4. The summed E-state index contributed by atoms with van der Waals surface area (Å²) in [5.41, 5.74) is 0. The highest BCUT2D eigenvalue weighted by Crippen LogP contribution is 2.17. The first kappa shape index (κ1) is 14.5. The number of thiophene rings is 1. The zero-order valence-corrected chi connectivity index (χ0v) is 12.0. The molecule has 1 aliphatic heterocycles. The van der Waals surface area contributed by atoms with E-state index in [4.69, 9.17) is 0 Å². The van der Waals surface area contributed by atoms with Gasteiger partial charge in [0.05, 0.1) is 18.5 Å². The maximum Gasteiger partial charge on any atom is 0.348 e. The fourth-order valence-electron chi connectivity index (χ4n) is 1.99. The van der Waals surface area contributed by atoms with E-state index in [2.05, 4.69) is 10.1 Å². The van der Waals surface area contributed by atoms with Gasteiger partial charge in [0.1, 0.15) is 4.88 Å². The number of hydrogen-bond donors (Lipinski definition) is 1.